The number of ether oxygens (including phenoxy) is 2. The molecule has 35 heavy (non-hydrogen) atoms. The van der Waals surface area contributed by atoms with Crippen LogP contribution in [-0.2, 0) is 16.1 Å². The van der Waals surface area contributed by atoms with Crippen LogP contribution in [-0.4, -0.2) is 31.4 Å². The molecule has 0 amide bonds. The summed E-state index contributed by atoms with van der Waals surface area (Å²) in [4.78, 5) is 0. The monoisotopic (exact) mass is 508 g/mol. The highest BCUT2D eigenvalue weighted by Gasteiger charge is 2.56. The molecule has 0 saturated heterocycles. The minimum absolute atomic E-state index is 0.0732. The summed E-state index contributed by atoms with van der Waals surface area (Å²) in [5.74, 6) is -4.55. The Hall–Kier alpha value is -1.21. The summed E-state index contributed by atoms with van der Waals surface area (Å²) in [6, 6.07) is 10.2. The van der Waals surface area contributed by atoms with E-state index in [0.717, 1.165) is 64.4 Å². The van der Waals surface area contributed by atoms with Crippen LogP contribution < -0.4 is 0 Å². The van der Waals surface area contributed by atoms with Gasteiger partial charge in [-0.1, -0.05) is 108 Å². The molecule has 0 N–H and O–H groups in total. The standard InChI is InChI=1S/C28H45F5O2/c1-2-18-26(35-23-25-19-14-13-15-20-25)24-34-22-17-12-10-8-6-4-3-5-7-9-11-16-21-27(29,30)28(31,32)33/h13-15,19-20,26H,2-12,16-18,21-24H2,1H3. The molecular weight excluding hydrogens is 463 g/mol. The Kier molecular flexibility index (Phi) is 17.3. The van der Waals surface area contributed by atoms with E-state index in [0.29, 0.717) is 19.6 Å². The van der Waals surface area contributed by atoms with Gasteiger partial charge < -0.3 is 9.47 Å². The van der Waals surface area contributed by atoms with E-state index >= 15 is 0 Å². The van der Waals surface area contributed by atoms with E-state index in [1.165, 1.54) is 24.8 Å². The zero-order valence-electron chi connectivity index (χ0n) is 21.4. The van der Waals surface area contributed by atoms with Crippen molar-refractivity contribution in [2.75, 3.05) is 13.2 Å². The molecule has 7 heteroatoms. The summed E-state index contributed by atoms with van der Waals surface area (Å²) >= 11 is 0. The Bertz CT molecular complexity index is 607. The molecule has 1 unspecified atom stereocenters. The van der Waals surface area contributed by atoms with Gasteiger partial charge in [0, 0.05) is 13.0 Å². The third kappa shape index (κ3) is 16.2. The predicted molar refractivity (Wildman–Crippen MR) is 132 cm³/mol. The maximum absolute atomic E-state index is 12.8. The van der Waals surface area contributed by atoms with Crippen molar-refractivity contribution in [3.63, 3.8) is 0 Å². The van der Waals surface area contributed by atoms with Crippen LogP contribution in [0.2, 0.25) is 0 Å². The summed E-state index contributed by atoms with van der Waals surface area (Å²) in [5, 5.41) is 0. The molecule has 0 bridgehead atoms. The van der Waals surface area contributed by atoms with Gasteiger partial charge in [-0.15, -0.1) is 0 Å². The molecule has 0 heterocycles. The number of alkyl halides is 5. The lowest BCUT2D eigenvalue weighted by atomic mass is 10.0. The van der Waals surface area contributed by atoms with Crippen LogP contribution in [0.3, 0.4) is 0 Å². The van der Waals surface area contributed by atoms with Gasteiger partial charge in [-0.3, -0.25) is 0 Å². The molecule has 0 aromatic heterocycles. The largest absolute Gasteiger partial charge is 0.453 e. The van der Waals surface area contributed by atoms with Gasteiger partial charge in [0.2, 0.25) is 0 Å². The van der Waals surface area contributed by atoms with Crippen molar-refractivity contribution >= 4 is 0 Å². The normalized spacial score (nSPS) is 13.3. The van der Waals surface area contributed by atoms with E-state index in [2.05, 4.69) is 19.1 Å². The van der Waals surface area contributed by atoms with Crippen molar-refractivity contribution in [3.8, 4) is 0 Å². The molecule has 1 rings (SSSR count). The van der Waals surface area contributed by atoms with E-state index in [1.807, 2.05) is 18.2 Å². The van der Waals surface area contributed by atoms with Gasteiger partial charge in [-0.2, -0.15) is 22.0 Å². The maximum Gasteiger partial charge on any atom is 0.453 e. The molecule has 0 spiro atoms. The second-order valence-electron chi connectivity index (χ2n) is 9.48. The highest BCUT2D eigenvalue weighted by molar-refractivity contribution is 5.13. The summed E-state index contributed by atoms with van der Waals surface area (Å²) in [7, 11) is 0. The van der Waals surface area contributed by atoms with Crippen molar-refractivity contribution in [2.24, 2.45) is 0 Å². The van der Waals surface area contributed by atoms with Gasteiger partial charge in [0.1, 0.15) is 0 Å². The average molecular weight is 509 g/mol. The molecule has 1 atom stereocenters. The molecule has 0 aliphatic rings. The van der Waals surface area contributed by atoms with Crippen molar-refractivity contribution in [3.05, 3.63) is 35.9 Å². The third-order valence-electron chi connectivity index (χ3n) is 6.19. The van der Waals surface area contributed by atoms with Gasteiger partial charge >= 0.3 is 12.1 Å². The molecule has 0 radical (unpaired) electrons. The first-order valence-corrected chi connectivity index (χ1v) is 13.4. The van der Waals surface area contributed by atoms with Gasteiger partial charge in [-0.25, -0.2) is 0 Å². The van der Waals surface area contributed by atoms with Crippen LogP contribution in [0, 0.1) is 0 Å². The van der Waals surface area contributed by atoms with Crippen LogP contribution >= 0.6 is 0 Å². The van der Waals surface area contributed by atoms with E-state index in [4.69, 9.17) is 9.47 Å². The number of hydrogen-bond donors (Lipinski definition) is 0. The minimum Gasteiger partial charge on any atom is -0.379 e. The number of benzene rings is 1. The Balaban J connectivity index is 1.87. The van der Waals surface area contributed by atoms with Crippen molar-refractivity contribution in [1.82, 2.24) is 0 Å². The van der Waals surface area contributed by atoms with Crippen molar-refractivity contribution in [1.29, 1.82) is 0 Å². The molecule has 0 aliphatic carbocycles. The van der Waals surface area contributed by atoms with Crippen LogP contribution in [0.15, 0.2) is 30.3 Å². The quantitative estimate of drug-likeness (QED) is 0.115. The third-order valence-corrected chi connectivity index (χ3v) is 6.19. The highest BCUT2D eigenvalue weighted by Crippen LogP contribution is 2.39. The van der Waals surface area contributed by atoms with Crippen LogP contribution in [0.25, 0.3) is 0 Å². The van der Waals surface area contributed by atoms with E-state index < -0.39 is 18.5 Å². The van der Waals surface area contributed by atoms with Gasteiger partial charge in [0.05, 0.1) is 19.3 Å². The van der Waals surface area contributed by atoms with E-state index in [-0.39, 0.29) is 12.5 Å². The lowest BCUT2D eigenvalue weighted by molar-refractivity contribution is -0.284. The number of halogens is 5. The average Bonchev–Trinajstić information content (AvgIpc) is 2.82. The van der Waals surface area contributed by atoms with E-state index in [1.54, 1.807) is 0 Å². The minimum atomic E-state index is -5.42. The Morgan fingerprint density at radius 2 is 1.23 bits per heavy atom. The van der Waals surface area contributed by atoms with Crippen molar-refractivity contribution in [2.45, 2.75) is 128 Å². The number of rotatable bonds is 22. The molecule has 0 saturated carbocycles. The molecule has 0 fully saturated rings. The lowest BCUT2D eigenvalue weighted by Gasteiger charge is -2.19. The first-order valence-electron chi connectivity index (χ1n) is 13.4. The number of hydrogen-bond acceptors (Lipinski definition) is 2. The predicted octanol–water partition coefficient (Wildman–Crippen LogP) is 9.66. The second-order valence-corrected chi connectivity index (χ2v) is 9.48. The lowest BCUT2D eigenvalue weighted by Crippen LogP contribution is -2.36. The SMILES string of the molecule is CCCC(COCCCCCCCCCCCCCCC(F)(F)C(F)(F)F)OCc1ccccc1. The second kappa shape index (κ2) is 19.0. The summed E-state index contributed by atoms with van der Waals surface area (Å²) < 4.78 is 73.7. The molecule has 2 nitrogen and oxygen atoms in total. The molecule has 204 valence electrons. The summed E-state index contributed by atoms with van der Waals surface area (Å²) in [6.07, 6.45) is 6.77. The fraction of sp³-hybridized carbons (Fsp3) is 0.786. The zero-order valence-corrected chi connectivity index (χ0v) is 21.4. The summed E-state index contributed by atoms with van der Waals surface area (Å²) in [6.45, 7) is 4.19. The topological polar surface area (TPSA) is 18.5 Å². The first-order chi connectivity index (χ1) is 16.8. The van der Waals surface area contributed by atoms with E-state index in [9.17, 15) is 22.0 Å². The fourth-order valence-corrected chi connectivity index (χ4v) is 4.00. The fourth-order valence-electron chi connectivity index (χ4n) is 4.00. The highest BCUT2D eigenvalue weighted by atomic mass is 19.4. The molecule has 0 aliphatic heterocycles. The maximum atomic E-state index is 12.8. The zero-order chi connectivity index (χ0) is 25.8. The molecule has 1 aromatic rings. The Morgan fingerprint density at radius 1 is 0.714 bits per heavy atom. The molecular formula is C28H45F5O2. The Morgan fingerprint density at radius 3 is 1.74 bits per heavy atom. The number of unbranched alkanes of at least 4 members (excludes halogenated alkanes) is 11. The Labute approximate surface area is 209 Å². The van der Waals surface area contributed by atoms with Crippen LogP contribution in [0.1, 0.15) is 109 Å². The van der Waals surface area contributed by atoms with Gasteiger partial charge in [0.15, 0.2) is 0 Å². The molecule has 1 aromatic carbocycles. The van der Waals surface area contributed by atoms with Crippen LogP contribution in [0.4, 0.5) is 22.0 Å². The smallest absolute Gasteiger partial charge is 0.379 e. The summed E-state index contributed by atoms with van der Waals surface area (Å²) in [5.41, 5.74) is 1.18. The van der Waals surface area contributed by atoms with Crippen molar-refractivity contribution < 1.29 is 31.4 Å². The van der Waals surface area contributed by atoms with Crippen LogP contribution in [0.5, 0.6) is 0 Å². The van der Waals surface area contributed by atoms with Gasteiger partial charge in [0.25, 0.3) is 0 Å². The van der Waals surface area contributed by atoms with Gasteiger partial charge in [-0.05, 0) is 24.8 Å². The first kappa shape index (κ1) is 31.8.